The van der Waals surface area contributed by atoms with E-state index in [1.807, 2.05) is 12.1 Å². The Balaban J connectivity index is 0.000000187. The van der Waals surface area contributed by atoms with Gasteiger partial charge in [-0.25, -0.2) is 0 Å². The second-order valence-electron chi connectivity index (χ2n) is 6.10. The van der Waals surface area contributed by atoms with Crippen molar-refractivity contribution in [2.24, 2.45) is 0 Å². The van der Waals surface area contributed by atoms with E-state index in [1.54, 1.807) is 0 Å². The van der Waals surface area contributed by atoms with Gasteiger partial charge in [-0.15, -0.1) is 0 Å². The predicted molar refractivity (Wildman–Crippen MR) is 127 cm³/mol. The van der Waals surface area contributed by atoms with E-state index in [2.05, 4.69) is 120 Å². The highest BCUT2D eigenvalue weighted by molar-refractivity contribution is 9.10. The van der Waals surface area contributed by atoms with Crippen LogP contribution in [0.1, 0.15) is 5.56 Å². The lowest BCUT2D eigenvalue weighted by atomic mass is 10.0. The summed E-state index contributed by atoms with van der Waals surface area (Å²) in [5.74, 6) is 0. The molecule has 0 nitrogen and oxygen atoms in total. The first kappa shape index (κ1) is 21.0. The summed E-state index contributed by atoms with van der Waals surface area (Å²) in [4.78, 5) is 0. The van der Waals surface area contributed by atoms with Gasteiger partial charge in [-0.3, -0.25) is 0 Å². The molecule has 0 bridgehead atoms. The van der Waals surface area contributed by atoms with Crippen molar-refractivity contribution >= 4 is 29.4 Å². The molecule has 0 saturated heterocycles. The van der Waals surface area contributed by atoms with Gasteiger partial charge < -0.3 is 0 Å². The zero-order chi connectivity index (χ0) is 18.2. The summed E-state index contributed by atoms with van der Waals surface area (Å²) < 4.78 is 1.12. The van der Waals surface area contributed by atoms with Crippen LogP contribution < -0.4 is 0 Å². The topological polar surface area (TPSA) is 0 Å². The molecular formula is C25H23BrS. The van der Waals surface area contributed by atoms with E-state index in [-0.39, 0.29) is 13.5 Å². The van der Waals surface area contributed by atoms with Crippen LogP contribution in [0.5, 0.6) is 0 Å². The van der Waals surface area contributed by atoms with Crippen LogP contribution in [0.15, 0.2) is 114 Å². The van der Waals surface area contributed by atoms with Gasteiger partial charge in [0.15, 0.2) is 0 Å². The van der Waals surface area contributed by atoms with Crippen molar-refractivity contribution in [2.75, 3.05) is 0 Å². The number of halogens is 1. The van der Waals surface area contributed by atoms with Gasteiger partial charge in [0.1, 0.15) is 0 Å². The standard InChI is InChI=1S/C13H12.C12H9Br.H2S/c1-11-7-9-13(10-8-11)12-5-3-2-4-6-12;13-12-8-6-11(7-9-12)10-4-2-1-3-5-10;/h2-10H,1H3;1-9H;1H2. The number of aryl methyl sites for hydroxylation is 1. The lowest BCUT2D eigenvalue weighted by Gasteiger charge is -2.00. The molecule has 0 aliphatic rings. The lowest BCUT2D eigenvalue weighted by Crippen LogP contribution is -1.76. The van der Waals surface area contributed by atoms with E-state index in [0.29, 0.717) is 0 Å². The number of rotatable bonds is 2. The maximum Gasteiger partial charge on any atom is 0.0175 e. The van der Waals surface area contributed by atoms with Gasteiger partial charge in [0.05, 0.1) is 0 Å². The van der Waals surface area contributed by atoms with Crippen LogP contribution in [-0.4, -0.2) is 0 Å². The molecule has 4 rings (SSSR count). The van der Waals surface area contributed by atoms with Crippen molar-refractivity contribution in [3.63, 3.8) is 0 Å². The maximum atomic E-state index is 3.42. The highest BCUT2D eigenvalue weighted by Crippen LogP contribution is 2.21. The van der Waals surface area contributed by atoms with Gasteiger partial charge in [-0.2, -0.15) is 13.5 Å². The van der Waals surface area contributed by atoms with E-state index in [9.17, 15) is 0 Å². The summed E-state index contributed by atoms with van der Waals surface area (Å²) in [6.07, 6.45) is 0. The second kappa shape index (κ2) is 10.8. The van der Waals surface area contributed by atoms with E-state index in [0.717, 1.165) is 4.47 Å². The Bertz CT molecular complexity index is 834. The van der Waals surface area contributed by atoms with Gasteiger partial charge in [0.25, 0.3) is 0 Å². The molecule has 0 unspecified atom stereocenters. The third-order valence-corrected chi connectivity index (χ3v) is 4.64. The van der Waals surface area contributed by atoms with Crippen molar-refractivity contribution in [2.45, 2.75) is 6.92 Å². The molecule has 4 aromatic rings. The summed E-state index contributed by atoms with van der Waals surface area (Å²) in [5.41, 5.74) is 6.38. The van der Waals surface area contributed by atoms with Crippen LogP contribution in [0.3, 0.4) is 0 Å². The van der Waals surface area contributed by atoms with Crippen molar-refractivity contribution < 1.29 is 0 Å². The van der Waals surface area contributed by atoms with E-state index >= 15 is 0 Å². The van der Waals surface area contributed by atoms with Crippen molar-refractivity contribution in [3.8, 4) is 22.3 Å². The molecule has 2 heteroatoms. The number of hydrogen-bond acceptors (Lipinski definition) is 0. The fourth-order valence-electron chi connectivity index (χ4n) is 2.65. The number of hydrogen-bond donors (Lipinski definition) is 0. The molecule has 0 aliphatic heterocycles. The third-order valence-electron chi connectivity index (χ3n) is 4.11. The summed E-state index contributed by atoms with van der Waals surface area (Å²) in [6, 6.07) is 37.7. The minimum atomic E-state index is 0. The molecule has 4 aromatic carbocycles. The van der Waals surface area contributed by atoms with Crippen molar-refractivity contribution in [3.05, 3.63) is 119 Å². The first-order valence-electron chi connectivity index (χ1n) is 8.65. The van der Waals surface area contributed by atoms with Gasteiger partial charge in [-0.05, 0) is 41.3 Å². The Morgan fingerprint density at radius 1 is 0.444 bits per heavy atom. The summed E-state index contributed by atoms with van der Waals surface area (Å²) in [5, 5.41) is 0. The molecule has 136 valence electrons. The predicted octanol–water partition coefficient (Wildman–Crippen LogP) is 7.89. The molecule has 0 aromatic heterocycles. The van der Waals surface area contributed by atoms with Crippen LogP contribution in [-0.2, 0) is 0 Å². The average molecular weight is 435 g/mol. The van der Waals surface area contributed by atoms with Crippen LogP contribution >= 0.6 is 29.4 Å². The average Bonchev–Trinajstić information content (AvgIpc) is 2.71. The fraction of sp³-hybridized carbons (Fsp3) is 0.0400. The Labute approximate surface area is 177 Å². The quantitative estimate of drug-likeness (QED) is 0.300. The fourth-order valence-corrected chi connectivity index (χ4v) is 2.91. The minimum absolute atomic E-state index is 0. The molecule has 0 fully saturated rings. The summed E-state index contributed by atoms with van der Waals surface area (Å²) in [6.45, 7) is 2.11. The molecule has 0 radical (unpaired) electrons. The van der Waals surface area contributed by atoms with Crippen molar-refractivity contribution in [1.82, 2.24) is 0 Å². The Hall–Kier alpha value is -2.29. The Morgan fingerprint density at radius 2 is 0.778 bits per heavy atom. The summed E-state index contributed by atoms with van der Waals surface area (Å²) in [7, 11) is 0. The van der Waals surface area contributed by atoms with Gasteiger partial charge in [-0.1, -0.05) is 119 Å². The third kappa shape index (κ3) is 6.42. The van der Waals surface area contributed by atoms with E-state index in [4.69, 9.17) is 0 Å². The van der Waals surface area contributed by atoms with E-state index in [1.165, 1.54) is 27.8 Å². The minimum Gasteiger partial charge on any atom is -0.197 e. The molecule has 0 N–H and O–H groups in total. The molecule has 0 atom stereocenters. The van der Waals surface area contributed by atoms with Crippen LogP contribution in [0, 0.1) is 6.92 Å². The van der Waals surface area contributed by atoms with Gasteiger partial charge in [0, 0.05) is 4.47 Å². The Morgan fingerprint density at radius 3 is 1.19 bits per heavy atom. The first-order valence-corrected chi connectivity index (χ1v) is 9.45. The molecule has 0 saturated carbocycles. The zero-order valence-corrected chi connectivity index (χ0v) is 17.9. The molecular weight excluding hydrogens is 412 g/mol. The molecule has 0 heterocycles. The highest BCUT2D eigenvalue weighted by atomic mass is 79.9. The second-order valence-corrected chi connectivity index (χ2v) is 7.02. The largest absolute Gasteiger partial charge is 0.197 e. The number of benzene rings is 4. The van der Waals surface area contributed by atoms with Gasteiger partial charge in [0.2, 0.25) is 0 Å². The summed E-state index contributed by atoms with van der Waals surface area (Å²) >= 11 is 3.42. The smallest absolute Gasteiger partial charge is 0.0175 e. The highest BCUT2D eigenvalue weighted by Gasteiger charge is 1.95. The molecule has 0 aliphatic carbocycles. The molecule has 0 spiro atoms. The van der Waals surface area contributed by atoms with Crippen LogP contribution in [0.2, 0.25) is 0 Å². The van der Waals surface area contributed by atoms with Crippen molar-refractivity contribution in [1.29, 1.82) is 0 Å². The normalized spacial score (nSPS) is 9.56. The first-order chi connectivity index (χ1) is 12.7. The van der Waals surface area contributed by atoms with Gasteiger partial charge >= 0.3 is 0 Å². The lowest BCUT2D eigenvalue weighted by molar-refractivity contribution is 1.47. The zero-order valence-electron chi connectivity index (χ0n) is 15.3. The monoisotopic (exact) mass is 434 g/mol. The molecule has 0 amide bonds. The molecule has 27 heavy (non-hydrogen) atoms. The SMILES string of the molecule is Brc1ccc(-c2ccccc2)cc1.Cc1ccc(-c2ccccc2)cc1.S. The van der Waals surface area contributed by atoms with Crippen LogP contribution in [0.4, 0.5) is 0 Å². The van der Waals surface area contributed by atoms with Crippen LogP contribution in [0.25, 0.3) is 22.3 Å². The van der Waals surface area contributed by atoms with E-state index < -0.39 is 0 Å². The maximum absolute atomic E-state index is 3.42. The Kier molecular flexibility index (Phi) is 8.38.